The summed E-state index contributed by atoms with van der Waals surface area (Å²) in [7, 11) is 3.41. The van der Waals surface area contributed by atoms with Crippen LogP contribution in [0.15, 0.2) is 24.3 Å². The Bertz CT molecular complexity index is 387. The van der Waals surface area contributed by atoms with Gasteiger partial charge in [-0.15, -0.1) is 0 Å². The Balaban J connectivity index is 2.36. The minimum atomic E-state index is -0.364. The first-order valence-corrected chi connectivity index (χ1v) is 6.58. The minimum Gasteiger partial charge on any atom is -0.497 e. The van der Waals surface area contributed by atoms with E-state index in [1.165, 1.54) is 0 Å². The third-order valence-corrected chi connectivity index (χ3v) is 3.09. The molecule has 0 fully saturated rings. The van der Waals surface area contributed by atoms with Gasteiger partial charge in [-0.05, 0) is 37.5 Å². The lowest BCUT2D eigenvalue weighted by Gasteiger charge is -2.18. The van der Waals surface area contributed by atoms with Crippen molar-refractivity contribution in [1.82, 2.24) is 4.90 Å². The zero-order valence-electron chi connectivity index (χ0n) is 11.9. The molecule has 0 bridgehead atoms. The maximum Gasteiger partial charge on any atom is 0.222 e. The molecule has 0 aliphatic rings. The summed E-state index contributed by atoms with van der Waals surface area (Å²) < 4.78 is 5.09. The summed E-state index contributed by atoms with van der Waals surface area (Å²) in [5.74, 6) is 0.931. The van der Waals surface area contributed by atoms with Gasteiger partial charge < -0.3 is 14.7 Å². The average Bonchev–Trinajstić information content (AvgIpc) is 2.42. The van der Waals surface area contributed by atoms with E-state index in [2.05, 4.69) is 0 Å². The Hall–Kier alpha value is -1.55. The number of hydrogen-bond acceptors (Lipinski definition) is 3. The van der Waals surface area contributed by atoms with Crippen molar-refractivity contribution in [3.05, 3.63) is 29.8 Å². The van der Waals surface area contributed by atoms with Gasteiger partial charge in [0.1, 0.15) is 5.75 Å². The van der Waals surface area contributed by atoms with Crippen LogP contribution in [0, 0.1) is 0 Å². The smallest absolute Gasteiger partial charge is 0.222 e. The van der Waals surface area contributed by atoms with Crippen molar-refractivity contribution in [1.29, 1.82) is 0 Å². The summed E-state index contributed by atoms with van der Waals surface area (Å²) in [6, 6.07) is 7.75. The quantitative estimate of drug-likeness (QED) is 0.818. The zero-order valence-corrected chi connectivity index (χ0v) is 11.9. The average molecular weight is 265 g/mol. The molecule has 0 aliphatic heterocycles. The van der Waals surface area contributed by atoms with Gasteiger partial charge in [-0.25, -0.2) is 0 Å². The lowest BCUT2D eigenvalue weighted by Crippen LogP contribution is -2.29. The van der Waals surface area contributed by atoms with Crippen LogP contribution in [0.4, 0.5) is 0 Å². The van der Waals surface area contributed by atoms with Gasteiger partial charge in [-0.2, -0.15) is 0 Å². The predicted octanol–water partition coefficient (Wildman–Crippen LogP) is 1.86. The topological polar surface area (TPSA) is 49.8 Å². The van der Waals surface area contributed by atoms with E-state index in [1.54, 1.807) is 26.0 Å². The van der Waals surface area contributed by atoms with Gasteiger partial charge in [-0.3, -0.25) is 4.79 Å². The van der Waals surface area contributed by atoms with E-state index in [1.807, 2.05) is 24.3 Å². The summed E-state index contributed by atoms with van der Waals surface area (Å²) in [6.45, 7) is 2.33. The van der Waals surface area contributed by atoms with Gasteiger partial charge in [0.2, 0.25) is 5.91 Å². The molecule has 0 saturated carbocycles. The second kappa shape index (κ2) is 7.79. The fourth-order valence-electron chi connectivity index (χ4n) is 1.74. The highest BCUT2D eigenvalue weighted by atomic mass is 16.5. The van der Waals surface area contributed by atoms with Gasteiger partial charge in [0.05, 0.1) is 13.2 Å². The van der Waals surface area contributed by atoms with Crippen LogP contribution in [-0.2, 0) is 11.2 Å². The molecule has 19 heavy (non-hydrogen) atoms. The Morgan fingerprint density at radius 3 is 2.53 bits per heavy atom. The van der Waals surface area contributed by atoms with Crippen LogP contribution in [0.25, 0.3) is 0 Å². The van der Waals surface area contributed by atoms with Crippen molar-refractivity contribution < 1.29 is 14.6 Å². The number of carbonyl (C=O) groups is 1. The fraction of sp³-hybridized carbons (Fsp3) is 0.533. The molecule has 4 nitrogen and oxygen atoms in total. The van der Waals surface area contributed by atoms with Crippen LogP contribution in [-0.4, -0.2) is 42.7 Å². The van der Waals surface area contributed by atoms with Crippen LogP contribution in [0.5, 0.6) is 5.75 Å². The van der Waals surface area contributed by atoms with E-state index < -0.39 is 0 Å². The van der Waals surface area contributed by atoms with Crippen molar-refractivity contribution in [3.63, 3.8) is 0 Å². The summed E-state index contributed by atoms with van der Waals surface area (Å²) in [5, 5.41) is 9.19. The van der Waals surface area contributed by atoms with Crippen LogP contribution in [0.2, 0.25) is 0 Å². The molecule has 1 atom stereocenters. The molecule has 106 valence electrons. The summed E-state index contributed by atoms with van der Waals surface area (Å²) in [4.78, 5) is 13.5. The van der Waals surface area contributed by atoms with E-state index in [0.717, 1.165) is 17.7 Å². The number of hydrogen-bond donors (Lipinski definition) is 1. The summed E-state index contributed by atoms with van der Waals surface area (Å²) >= 11 is 0. The number of carbonyl (C=O) groups excluding carboxylic acids is 1. The molecule has 1 aromatic carbocycles. The molecule has 1 aromatic rings. The Morgan fingerprint density at radius 2 is 2.00 bits per heavy atom. The number of nitrogens with zero attached hydrogens (tertiary/aromatic N) is 1. The van der Waals surface area contributed by atoms with Gasteiger partial charge in [-0.1, -0.05) is 12.1 Å². The summed E-state index contributed by atoms with van der Waals surface area (Å²) in [5.41, 5.74) is 1.12. The van der Waals surface area contributed by atoms with E-state index in [4.69, 9.17) is 4.74 Å². The lowest BCUT2D eigenvalue weighted by atomic mass is 10.1. The molecule has 0 saturated heterocycles. The molecule has 0 aliphatic carbocycles. The highest BCUT2D eigenvalue weighted by Crippen LogP contribution is 2.13. The number of aliphatic hydroxyl groups excluding tert-OH is 1. The van der Waals surface area contributed by atoms with Crippen molar-refractivity contribution in [3.8, 4) is 5.75 Å². The number of rotatable bonds is 7. The highest BCUT2D eigenvalue weighted by Gasteiger charge is 2.09. The molecule has 1 N–H and O–H groups in total. The van der Waals surface area contributed by atoms with Crippen LogP contribution >= 0.6 is 0 Å². The molecule has 1 unspecified atom stereocenters. The van der Waals surface area contributed by atoms with Gasteiger partial charge >= 0.3 is 0 Å². The van der Waals surface area contributed by atoms with Crippen molar-refractivity contribution in [2.24, 2.45) is 0 Å². The third-order valence-electron chi connectivity index (χ3n) is 3.09. The predicted molar refractivity (Wildman–Crippen MR) is 75.2 cm³/mol. The van der Waals surface area contributed by atoms with E-state index >= 15 is 0 Å². The molecule has 0 heterocycles. The third kappa shape index (κ3) is 5.75. The van der Waals surface area contributed by atoms with Gasteiger partial charge in [0.25, 0.3) is 0 Å². The van der Waals surface area contributed by atoms with Crippen LogP contribution < -0.4 is 4.74 Å². The summed E-state index contributed by atoms with van der Waals surface area (Å²) in [6.07, 6.45) is 1.46. The van der Waals surface area contributed by atoms with Gasteiger partial charge in [0.15, 0.2) is 0 Å². The van der Waals surface area contributed by atoms with E-state index in [0.29, 0.717) is 19.4 Å². The number of aryl methyl sites for hydroxylation is 1. The maximum atomic E-state index is 11.9. The molecule has 0 spiro atoms. The molecule has 0 radical (unpaired) electrons. The second-order valence-corrected chi connectivity index (χ2v) is 4.80. The largest absolute Gasteiger partial charge is 0.497 e. The van der Waals surface area contributed by atoms with Crippen LogP contribution in [0.3, 0.4) is 0 Å². The monoisotopic (exact) mass is 265 g/mol. The van der Waals surface area contributed by atoms with Crippen molar-refractivity contribution in [2.75, 3.05) is 20.7 Å². The van der Waals surface area contributed by atoms with Gasteiger partial charge in [0, 0.05) is 20.0 Å². The van der Waals surface area contributed by atoms with Crippen LogP contribution in [0.1, 0.15) is 25.3 Å². The number of ether oxygens (including phenoxy) is 1. The maximum absolute atomic E-state index is 11.9. The van der Waals surface area contributed by atoms with E-state index in [9.17, 15) is 9.90 Å². The number of methoxy groups -OCH3 is 1. The standard InChI is InChI=1S/C15H23NO3/c1-12(17)10-11-16(2)15(18)9-6-13-4-7-14(19-3)8-5-13/h4-5,7-8,12,17H,6,9-11H2,1-3H3. The fourth-order valence-corrected chi connectivity index (χ4v) is 1.74. The normalized spacial score (nSPS) is 12.0. The Labute approximate surface area is 115 Å². The Morgan fingerprint density at radius 1 is 1.37 bits per heavy atom. The minimum absolute atomic E-state index is 0.108. The highest BCUT2D eigenvalue weighted by molar-refractivity contribution is 5.76. The molecular weight excluding hydrogens is 242 g/mol. The first-order valence-electron chi connectivity index (χ1n) is 6.58. The zero-order chi connectivity index (χ0) is 14.3. The number of benzene rings is 1. The number of amides is 1. The molecule has 1 rings (SSSR count). The number of aliphatic hydroxyl groups is 1. The van der Waals surface area contributed by atoms with Crippen molar-refractivity contribution >= 4 is 5.91 Å². The SMILES string of the molecule is COc1ccc(CCC(=O)N(C)CCC(C)O)cc1. The molecule has 0 aromatic heterocycles. The molecular formula is C15H23NO3. The first-order chi connectivity index (χ1) is 9.02. The molecule has 1 amide bonds. The second-order valence-electron chi connectivity index (χ2n) is 4.80. The first kappa shape index (κ1) is 15.5. The van der Waals surface area contributed by atoms with E-state index in [-0.39, 0.29) is 12.0 Å². The van der Waals surface area contributed by atoms with Crippen molar-refractivity contribution in [2.45, 2.75) is 32.3 Å². The molecule has 4 heteroatoms. The Kier molecular flexibility index (Phi) is 6.36. The lowest BCUT2D eigenvalue weighted by molar-refractivity contribution is -0.130.